The number of para-hydroxylation sites is 1. The van der Waals surface area contributed by atoms with Gasteiger partial charge in [0, 0.05) is 19.4 Å². The highest BCUT2D eigenvalue weighted by Crippen LogP contribution is 2.22. The molecule has 1 N–H and O–H groups in total. The molecular weight excluding hydrogens is 358 g/mol. The highest BCUT2D eigenvalue weighted by molar-refractivity contribution is 7.18. The maximum Gasteiger partial charge on any atom is 0.387 e. The van der Waals surface area contributed by atoms with Crippen LogP contribution in [0.25, 0.3) is 10.2 Å². The molecule has 0 fully saturated rings. The van der Waals surface area contributed by atoms with Crippen LogP contribution in [0.15, 0.2) is 48.5 Å². The molecule has 2 aromatic carbocycles. The summed E-state index contributed by atoms with van der Waals surface area (Å²) in [5, 5.41) is 3.82. The summed E-state index contributed by atoms with van der Waals surface area (Å²) < 4.78 is 29.6. The van der Waals surface area contributed by atoms with Crippen LogP contribution >= 0.6 is 11.3 Å². The van der Waals surface area contributed by atoms with Crippen LogP contribution in [-0.2, 0) is 17.6 Å². The zero-order chi connectivity index (χ0) is 18.4. The Bertz CT molecular complexity index is 832. The maximum atomic E-state index is 12.1. The quantitative estimate of drug-likeness (QED) is 0.641. The van der Waals surface area contributed by atoms with Gasteiger partial charge in [-0.3, -0.25) is 4.79 Å². The van der Waals surface area contributed by atoms with Gasteiger partial charge in [0.05, 0.1) is 15.2 Å². The van der Waals surface area contributed by atoms with Crippen LogP contribution in [0.2, 0.25) is 0 Å². The Balaban J connectivity index is 1.40. The normalized spacial score (nSPS) is 11.0. The summed E-state index contributed by atoms with van der Waals surface area (Å²) in [7, 11) is 0. The summed E-state index contributed by atoms with van der Waals surface area (Å²) in [4.78, 5) is 16.5. The van der Waals surface area contributed by atoms with Crippen molar-refractivity contribution in [1.29, 1.82) is 0 Å². The van der Waals surface area contributed by atoms with Crippen molar-refractivity contribution in [3.63, 3.8) is 0 Å². The first-order chi connectivity index (χ1) is 12.6. The lowest BCUT2D eigenvalue weighted by Crippen LogP contribution is -2.25. The number of aryl methyl sites for hydroxylation is 1. The van der Waals surface area contributed by atoms with E-state index in [1.54, 1.807) is 23.5 Å². The number of nitrogens with zero attached hydrogens (tertiary/aromatic N) is 1. The van der Waals surface area contributed by atoms with E-state index in [0.29, 0.717) is 25.8 Å². The fourth-order valence-electron chi connectivity index (χ4n) is 2.52. The van der Waals surface area contributed by atoms with E-state index in [-0.39, 0.29) is 11.7 Å². The molecule has 1 heterocycles. The number of aromatic nitrogens is 1. The molecule has 1 amide bonds. The lowest BCUT2D eigenvalue weighted by Gasteiger charge is -2.07. The summed E-state index contributed by atoms with van der Waals surface area (Å²) >= 11 is 1.61. The SMILES string of the molecule is O=C(CCc1nc2ccccc2s1)NCCc1ccc(OC(F)F)cc1. The number of thiazole rings is 1. The van der Waals surface area contributed by atoms with Crippen LogP contribution < -0.4 is 10.1 Å². The van der Waals surface area contributed by atoms with Crippen molar-refractivity contribution < 1.29 is 18.3 Å². The van der Waals surface area contributed by atoms with Crippen molar-refractivity contribution >= 4 is 27.5 Å². The molecule has 0 spiro atoms. The summed E-state index contributed by atoms with van der Waals surface area (Å²) in [6.07, 6.45) is 1.63. The molecule has 0 saturated carbocycles. The van der Waals surface area contributed by atoms with E-state index in [1.807, 2.05) is 24.3 Å². The van der Waals surface area contributed by atoms with Gasteiger partial charge in [0.2, 0.25) is 5.91 Å². The fourth-order valence-corrected chi connectivity index (χ4v) is 3.49. The Morgan fingerprint density at radius 1 is 1.12 bits per heavy atom. The second-order valence-electron chi connectivity index (χ2n) is 5.70. The van der Waals surface area contributed by atoms with E-state index in [0.717, 1.165) is 20.8 Å². The van der Waals surface area contributed by atoms with Gasteiger partial charge in [0.1, 0.15) is 5.75 Å². The number of benzene rings is 2. The van der Waals surface area contributed by atoms with E-state index in [4.69, 9.17) is 0 Å². The van der Waals surface area contributed by atoms with Crippen LogP contribution in [0.4, 0.5) is 8.78 Å². The van der Waals surface area contributed by atoms with E-state index in [9.17, 15) is 13.6 Å². The molecule has 0 bridgehead atoms. The molecule has 136 valence electrons. The van der Waals surface area contributed by atoms with Crippen molar-refractivity contribution in [1.82, 2.24) is 10.3 Å². The van der Waals surface area contributed by atoms with Gasteiger partial charge in [-0.15, -0.1) is 11.3 Å². The maximum absolute atomic E-state index is 12.1. The first-order valence-corrected chi connectivity index (χ1v) is 9.07. The average molecular weight is 376 g/mol. The lowest BCUT2D eigenvalue weighted by molar-refractivity contribution is -0.121. The molecule has 26 heavy (non-hydrogen) atoms. The summed E-state index contributed by atoms with van der Waals surface area (Å²) in [5.74, 6) is 0.102. The zero-order valence-electron chi connectivity index (χ0n) is 14.0. The molecule has 0 saturated heterocycles. The van der Waals surface area contributed by atoms with E-state index in [1.165, 1.54) is 12.1 Å². The minimum atomic E-state index is -2.82. The first kappa shape index (κ1) is 18.3. The van der Waals surface area contributed by atoms with Gasteiger partial charge in [0.15, 0.2) is 0 Å². The lowest BCUT2D eigenvalue weighted by atomic mass is 10.1. The number of amides is 1. The monoisotopic (exact) mass is 376 g/mol. The highest BCUT2D eigenvalue weighted by atomic mass is 32.1. The molecule has 3 rings (SSSR count). The molecule has 0 aliphatic heterocycles. The van der Waals surface area contributed by atoms with E-state index < -0.39 is 6.61 Å². The van der Waals surface area contributed by atoms with Gasteiger partial charge in [-0.05, 0) is 36.2 Å². The second kappa shape index (κ2) is 8.71. The van der Waals surface area contributed by atoms with E-state index >= 15 is 0 Å². The molecule has 0 atom stereocenters. The Morgan fingerprint density at radius 3 is 2.62 bits per heavy atom. The molecule has 3 aromatic rings. The number of hydrogen-bond acceptors (Lipinski definition) is 4. The van der Waals surface area contributed by atoms with Crippen LogP contribution in [0.3, 0.4) is 0 Å². The number of carbonyl (C=O) groups is 1. The summed E-state index contributed by atoms with van der Waals surface area (Å²) in [6.45, 7) is -2.33. The van der Waals surface area contributed by atoms with Crippen molar-refractivity contribution in [2.24, 2.45) is 0 Å². The third-order valence-electron chi connectivity index (χ3n) is 3.79. The zero-order valence-corrected chi connectivity index (χ0v) is 14.8. The third kappa shape index (κ3) is 5.23. The van der Waals surface area contributed by atoms with Gasteiger partial charge < -0.3 is 10.1 Å². The second-order valence-corrected chi connectivity index (χ2v) is 6.81. The molecule has 1 aromatic heterocycles. The Kier molecular flexibility index (Phi) is 6.12. The molecule has 0 aliphatic rings. The van der Waals surface area contributed by atoms with Crippen LogP contribution in [0, 0.1) is 0 Å². The largest absolute Gasteiger partial charge is 0.435 e. The number of fused-ring (bicyclic) bond motifs is 1. The average Bonchev–Trinajstić information content (AvgIpc) is 3.04. The fraction of sp³-hybridized carbons (Fsp3) is 0.263. The van der Waals surface area contributed by atoms with Crippen LogP contribution in [0.1, 0.15) is 17.0 Å². The van der Waals surface area contributed by atoms with Crippen molar-refractivity contribution in [2.75, 3.05) is 6.54 Å². The predicted molar refractivity (Wildman–Crippen MR) is 97.7 cm³/mol. The third-order valence-corrected chi connectivity index (χ3v) is 4.88. The molecule has 0 aliphatic carbocycles. The van der Waals surface area contributed by atoms with Crippen LogP contribution in [0.5, 0.6) is 5.75 Å². The molecular formula is C19H18F2N2O2S. The minimum absolute atomic E-state index is 0.0260. The number of rotatable bonds is 8. The molecule has 0 radical (unpaired) electrons. The van der Waals surface area contributed by atoms with Gasteiger partial charge >= 0.3 is 6.61 Å². The van der Waals surface area contributed by atoms with Crippen molar-refractivity contribution in [2.45, 2.75) is 25.9 Å². The predicted octanol–water partition coefficient (Wildman–Crippen LogP) is 4.19. The Labute approximate surface area is 153 Å². The van der Waals surface area contributed by atoms with Gasteiger partial charge in [0.25, 0.3) is 0 Å². The highest BCUT2D eigenvalue weighted by Gasteiger charge is 2.07. The van der Waals surface area contributed by atoms with E-state index in [2.05, 4.69) is 15.0 Å². The Morgan fingerprint density at radius 2 is 1.88 bits per heavy atom. The van der Waals surface area contributed by atoms with Gasteiger partial charge in [-0.2, -0.15) is 8.78 Å². The number of ether oxygens (including phenoxy) is 1. The molecule has 7 heteroatoms. The number of alkyl halides is 2. The summed E-state index contributed by atoms with van der Waals surface area (Å²) in [5.41, 5.74) is 1.91. The summed E-state index contributed by atoms with van der Waals surface area (Å²) in [6, 6.07) is 14.3. The first-order valence-electron chi connectivity index (χ1n) is 8.25. The number of hydrogen-bond donors (Lipinski definition) is 1. The van der Waals surface area contributed by atoms with Crippen molar-refractivity contribution in [3.05, 3.63) is 59.1 Å². The van der Waals surface area contributed by atoms with Gasteiger partial charge in [-0.1, -0.05) is 24.3 Å². The number of halogens is 2. The number of carbonyl (C=O) groups excluding carboxylic acids is 1. The topological polar surface area (TPSA) is 51.2 Å². The number of nitrogens with one attached hydrogen (secondary N) is 1. The molecule has 4 nitrogen and oxygen atoms in total. The van der Waals surface area contributed by atoms with Crippen molar-refractivity contribution in [3.8, 4) is 5.75 Å². The smallest absolute Gasteiger partial charge is 0.387 e. The Hall–Kier alpha value is -2.54. The molecule has 0 unspecified atom stereocenters. The van der Waals surface area contributed by atoms with Gasteiger partial charge in [-0.25, -0.2) is 4.98 Å². The standard InChI is InChI=1S/C19H18F2N2O2S/c20-19(21)25-14-7-5-13(6-8-14)11-12-22-17(24)9-10-18-23-15-3-1-2-4-16(15)26-18/h1-8,19H,9-12H2,(H,22,24). The van der Waals surface area contributed by atoms with Crippen LogP contribution in [-0.4, -0.2) is 24.0 Å². The minimum Gasteiger partial charge on any atom is -0.435 e.